The average Bonchev–Trinajstić information content (AvgIpc) is 2.26. The minimum atomic E-state index is 0.298. The Hall–Kier alpha value is -1.15. The van der Waals surface area contributed by atoms with Crippen LogP contribution in [0, 0.1) is 19.8 Å². The van der Waals surface area contributed by atoms with E-state index in [0.29, 0.717) is 18.1 Å². The maximum Gasteiger partial charge on any atom is 0.138 e. The van der Waals surface area contributed by atoms with Crippen molar-refractivity contribution in [2.24, 2.45) is 5.92 Å². The molecule has 0 atom stereocenters. The van der Waals surface area contributed by atoms with Crippen LogP contribution in [0.25, 0.3) is 0 Å². The first-order valence-corrected chi connectivity index (χ1v) is 6.41. The zero-order chi connectivity index (χ0) is 12.4. The lowest BCUT2D eigenvalue weighted by Gasteiger charge is -2.38. The van der Waals surface area contributed by atoms with Crippen molar-refractivity contribution in [2.75, 3.05) is 13.1 Å². The molecule has 17 heavy (non-hydrogen) atoms. The molecule has 1 aromatic carbocycles. The van der Waals surface area contributed by atoms with Crippen LogP contribution in [0.4, 0.5) is 0 Å². The van der Waals surface area contributed by atoms with Gasteiger partial charge in [0.2, 0.25) is 0 Å². The van der Waals surface area contributed by atoms with Crippen molar-refractivity contribution in [3.05, 3.63) is 34.9 Å². The molecule has 0 aliphatic carbocycles. The third-order valence-corrected chi connectivity index (χ3v) is 3.74. The van der Waals surface area contributed by atoms with Gasteiger partial charge in [-0.2, -0.15) is 0 Å². The predicted octanol–water partition coefficient (Wildman–Crippen LogP) is 2.71. The van der Waals surface area contributed by atoms with E-state index in [2.05, 4.69) is 36.9 Å². The van der Waals surface area contributed by atoms with E-state index in [0.717, 1.165) is 19.6 Å². The summed E-state index contributed by atoms with van der Waals surface area (Å²) in [5.74, 6) is 0.716. The molecule has 0 N–H and O–H groups in total. The molecular formula is C15H21NO. The van der Waals surface area contributed by atoms with Crippen LogP contribution in [-0.4, -0.2) is 23.8 Å². The third-order valence-electron chi connectivity index (χ3n) is 3.74. The summed E-state index contributed by atoms with van der Waals surface area (Å²) >= 11 is 0. The van der Waals surface area contributed by atoms with Gasteiger partial charge in [0.1, 0.15) is 5.78 Å². The Bertz CT molecular complexity index is 419. The number of ketones is 1. The van der Waals surface area contributed by atoms with Gasteiger partial charge in [-0.3, -0.25) is 9.69 Å². The summed E-state index contributed by atoms with van der Waals surface area (Å²) in [5.41, 5.74) is 4.05. The lowest BCUT2D eigenvalue weighted by atomic mass is 9.93. The molecular weight excluding hydrogens is 210 g/mol. The second-order valence-electron chi connectivity index (χ2n) is 5.13. The van der Waals surface area contributed by atoms with E-state index in [1.165, 1.54) is 16.7 Å². The van der Waals surface area contributed by atoms with Gasteiger partial charge < -0.3 is 0 Å². The van der Waals surface area contributed by atoms with Gasteiger partial charge in [-0.05, 0) is 30.5 Å². The molecule has 1 fully saturated rings. The summed E-state index contributed by atoms with van der Waals surface area (Å²) in [7, 11) is 0. The van der Waals surface area contributed by atoms with Crippen molar-refractivity contribution in [2.45, 2.75) is 33.7 Å². The Labute approximate surface area is 104 Å². The van der Waals surface area contributed by atoms with Gasteiger partial charge in [0.15, 0.2) is 0 Å². The van der Waals surface area contributed by atoms with Crippen LogP contribution in [0.1, 0.15) is 30.0 Å². The number of Topliss-reactive ketones (excluding diaryl/α,β-unsaturated/α-hetero) is 1. The number of nitrogens with zero attached hydrogens (tertiary/aromatic N) is 1. The number of likely N-dealkylation sites (tertiary alicyclic amines) is 1. The fourth-order valence-corrected chi connectivity index (χ4v) is 2.35. The van der Waals surface area contributed by atoms with Gasteiger partial charge in [0, 0.05) is 32.0 Å². The Morgan fingerprint density at radius 1 is 1.29 bits per heavy atom. The minimum absolute atomic E-state index is 0.298. The normalized spacial score (nSPS) is 16.9. The van der Waals surface area contributed by atoms with Gasteiger partial charge in [-0.15, -0.1) is 0 Å². The first-order chi connectivity index (χ1) is 8.10. The van der Waals surface area contributed by atoms with Crippen molar-refractivity contribution >= 4 is 5.78 Å². The van der Waals surface area contributed by atoms with Crippen molar-refractivity contribution < 1.29 is 4.79 Å². The first kappa shape index (κ1) is 12.3. The zero-order valence-corrected chi connectivity index (χ0v) is 11.0. The van der Waals surface area contributed by atoms with E-state index in [4.69, 9.17) is 0 Å². The van der Waals surface area contributed by atoms with Crippen molar-refractivity contribution in [1.29, 1.82) is 0 Å². The SMILES string of the molecule is CCC(=O)C1CN(Cc2ccc(C)c(C)c2)C1. The summed E-state index contributed by atoms with van der Waals surface area (Å²) in [6, 6.07) is 6.63. The molecule has 0 unspecified atom stereocenters. The topological polar surface area (TPSA) is 20.3 Å². The van der Waals surface area contributed by atoms with E-state index < -0.39 is 0 Å². The highest BCUT2D eigenvalue weighted by molar-refractivity contribution is 5.81. The van der Waals surface area contributed by atoms with E-state index in [-0.39, 0.29) is 0 Å². The molecule has 2 rings (SSSR count). The number of carbonyl (C=O) groups excluding carboxylic acids is 1. The Morgan fingerprint density at radius 2 is 2.00 bits per heavy atom. The van der Waals surface area contributed by atoms with E-state index in [1.807, 2.05) is 6.92 Å². The molecule has 0 saturated carbocycles. The van der Waals surface area contributed by atoms with E-state index in [1.54, 1.807) is 0 Å². The maximum atomic E-state index is 11.5. The van der Waals surface area contributed by atoms with Gasteiger partial charge >= 0.3 is 0 Å². The molecule has 1 aromatic rings. The number of rotatable bonds is 4. The summed E-state index contributed by atoms with van der Waals surface area (Å²) in [4.78, 5) is 13.8. The number of hydrogen-bond acceptors (Lipinski definition) is 2. The molecule has 92 valence electrons. The quantitative estimate of drug-likeness (QED) is 0.794. The highest BCUT2D eigenvalue weighted by atomic mass is 16.1. The van der Waals surface area contributed by atoms with Crippen LogP contribution in [0.3, 0.4) is 0 Å². The molecule has 2 nitrogen and oxygen atoms in total. The lowest BCUT2D eigenvalue weighted by Crippen LogP contribution is -2.49. The van der Waals surface area contributed by atoms with Gasteiger partial charge in [-0.25, -0.2) is 0 Å². The predicted molar refractivity (Wildman–Crippen MR) is 70.0 cm³/mol. The lowest BCUT2D eigenvalue weighted by molar-refractivity contribution is -0.127. The van der Waals surface area contributed by atoms with E-state index >= 15 is 0 Å². The highest BCUT2D eigenvalue weighted by Gasteiger charge is 2.30. The fraction of sp³-hybridized carbons (Fsp3) is 0.533. The number of aryl methyl sites for hydroxylation is 2. The molecule has 1 saturated heterocycles. The summed E-state index contributed by atoms with van der Waals surface area (Å²) in [5, 5.41) is 0. The zero-order valence-electron chi connectivity index (χ0n) is 11.0. The van der Waals surface area contributed by atoms with Crippen LogP contribution in [0.2, 0.25) is 0 Å². The molecule has 0 bridgehead atoms. The second kappa shape index (κ2) is 5.01. The smallest absolute Gasteiger partial charge is 0.138 e. The minimum Gasteiger partial charge on any atom is -0.299 e. The number of benzene rings is 1. The molecule has 0 radical (unpaired) electrons. The second-order valence-corrected chi connectivity index (χ2v) is 5.13. The largest absolute Gasteiger partial charge is 0.299 e. The molecule has 1 heterocycles. The van der Waals surface area contributed by atoms with Crippen LogP contribution >= 0.6 is 0 Å². The van der Waals surface area contributed by atoms with Gasteiger partial charge in [0.05, 0.1) is 0 Å². The van der Waals surface area contributed by atoms with Crippen LogP contribution in [0.5, 0.6) is 0 Å². The van der Waals surface area contributed by atoms with Crippen LogP contribution in [0.15, 0.2) is 18.2 Å². The van der Waals surface area contributed by atoms with Crippen molar-refractivity contribution in [1.82, 2.24) is 4.90 Å². The molecule has 0 spiro atoms. The van der Waals surface area contributed by atoms with Crippen molar-refractivity contribution in [3.63, 3.8) is 0 Å². The molecule has 1 aliphatic heterocycles. The molecule has 0 amide bonds. The monoisotopic (exact) mass is 231 g/mol. The number of hydrogen-bond donors (Lipinski definition) is 0. The summed E-state index contributed by atoms with van der Waals surface area (Å²) in [6.07, 6.45) is 0.683. The summed E-state index contributed by atoms with van der Waals surface area (Å²) in [6.45, 7) is 9.11. The highest BCUT2D eigenvalue weighted by Crippen LogP contribution is 2.21. The fourth-order valence-electron chi connectivity index (χ4n) is 2.35. The number of carbonyl (C=O) groups is 1. The van der Waals surface area contributed by atoms with E-state index in [9.17, 15) is 4.79 Å². The van der Waals surface area contributed by atoms with Gasteiger partial charge in [0.25, 0.3) is 0 Å². The molecule has 0 aromatic heterocycles. The molecule has 2 heteroatoms. The standard InChI is InChI=1S/C15H21NO/c1-4-15(17)14-9-16(10-14)8-13-6-5-11(2)12(3)7-13/h5-7,14H,4,8-10H2,1-3H3. The van der Waals surface area contributed by atoms with Gasteiger partial charge in [-0.1, -0.05) is 25.1 Å². The third kappa shape index (κ3) is 2.75. The Balaban J connectivity index is 1.87. The maximum absolute atomic E-state index is 11.5. The van der Waals surface area contributed by atoms with Crippen LogP contribution < -0.4 is 0 Å². The van der Waals surface area contributed by atoms with Crippen molar-refractivity contribution in [3.8, 4) is 0 Å². The van der Waals surface area contributed by atoms with Crippen LogP contribution in [-0.2, 0) is 11.3 Å². The average molecular weight is 231 g/mol. The first-order valence-electron chi connectivity index (χ1n) is 6.41. The Kier molecular flexibility index (Phi) is 3.63. The summed E-state index contributed by atoms with van der Waals surface area (Å²) < 4.78 is 0. The Morgan fingerprint density at radius 3 is 2.59 bits per heavy atom. The molecule has 1 aliphatic rings.